The maximum Gasteiger partial charge on any atom is 0.345 e. The minimum absolute atomic E-state index is 0.352. The van der Waals surface area contributed by atoms with E-state index in [1.807, 2.05) is 6.92 Å². The van der Waals surface area contributed by atoms with Crippen molar-refractivity contribution in [3.63, 3.8) is 0 Å². The fourth-order valence-corrected chi connectivity index (χ4v) is 2.39. The normalized spacial score (nSPS) is 11.1. The Hall–Kier alpha value is -3.55. The largest absolute Gasteiger partial charge is 0.494 e. The van der Waals surface area contributed by atoms with Gasteiger partial charge in [0.15, 0.2) is 6.61 Å². The third kappa shape index (κ3) is 7.17. The smallest absolute Gasteiger partial charge is 0.345 e. The van der Waals surface area contributed by atoms with Crippen LogP contribution in [0.15, 0.2) is 54.6 Å². The number of rotatable bonds is 9. The molecule has 8 nitrogen and oxygen atoms in total. The fraction of sp³-hybridized carbons (Fsp3) is 0.286. The highest BCUT2D eigenvalue weighted by Crippen LogP contribution is 2.20. The summed E-state index contributed by atoms with van der Waals surface area (Å²) in [5.41, 5.74) is 0.434. The SMILES string of the molecule is CCNC(=O)NC(=O)[C@H](OC(=O)COc1ccc(OCC)cc1)c1ccccc1. The number of ether oxygens (including phenoxy) is 3. The number of benzene rings is 2. The number of amides is 3. The predicted molar refractivity (Wildman–Crippen MR) is 106 cm³/mol. The van der Waals surface area contributed by atoms with Crippen LogP contribution in [0.25, 0.3) is 0 Å². The Balaban J connectivity index is 1.99. The molecule has 0 saturated heterocycles. The molecule has 8 heteroatoms. The third-order valence-electron chi connectivity index (χ3n) is 3.66. The van der Waals surface area contributed by atoms with Crippen LogP contribution in [0, 0.1) is 0 Å². The molecule has 154 valence electrons. The van der Waals surface area contributed by atoms with E-state index in [4.69, 9.17) is 14.2 Å². The van der Waals surface area contributed by atoms with Crippen molar-refractivity contribution in [1.82, 2.24) is 10.6 Å². The van der Waals surface area contributed by atoms with Gasteiger partial charge in [0, 0.05) is 12.1 Å². The fourth-order valence-electron chi connectivity index (χ4n) is 2.39. The molecular formula is C21H24N2O6. The molecule has 0 aliphatic carbocycles. The van der Waals surface area contributed by atoms with Crippen LogP contribution in [0.1, 0.15) is 25.5 Å². The van der Waals surface area contributed by atoms with Crippen LogP contribution in [-0.2, 0) is 14.3 Å². The summed E-state index contributed by atoms with van der Waals surface area (Å²) in [6.45, 7) is 4.10. The monoisotopic (exact) mass is 400 g/mol. The van der Waals surface area contributed by atoms with Gasteiger partial charge in [-0.1, -0.05) is 30.3 Å². The Morgan fingerprint density at radius 2 is 1.52 bits per heavy atom. The molecule has 0 aromatic heterocycles. The van der Waals surface area contributed by atoms with E-state index in [0.717, 1.165) is 0 Å². The van der Waals surface area contributed by atoms with Crippen molar-refractivity contribution in [2.45, 2.75) is 20.0 Å². The van der Waals surface area contributed by atoms with Gasteiger partial charge in [-0.05, 0) is 38.1 Å². The average molecular weight is 400 g/mol. The topological polar surface area (TPSA) is 103 Å². The van der Waals surface area contributed by atoms with E-state index in [0.29, 0.717) is 30.2 Å². The number of carbonyl (C=O) groups is 3. The minimum atomic E-state index is -1.28. The van der Waals surface area contributed by atoms with E-state index < -0.39 is 30.6 Å². The summed E-state index contributed by atoms with van der Waals surface area (Å²) >= 11 is 0. The quantitative estimate of drug-likeness (QED) is 0.627. The summed E-state index contributed by atoms with van der Waals surface area (Å²) in [5, 5.41) is 4.61. The molecule has 0 fully saturated rings. The van der Waals surface area contributed by atoms with Crippen molar-refractivity contribution in [1.29, 1.82) is 0 Å². The summed E-state index contributed by atoms with van der Waals surface area (Å²) in [5.74, 6) is -0.364. The van der Waals surface area contributed by atoms with Crippen molar-refractivity contribution in [2.24, 2.45) is 0 Å². The van der Waals surface area contributed by atoms with Gasteiger partial charge in [-0.2, -0.15) is 0 Å². The van der Waals surface area contributed by atoms with E-state index in [1.165, 1.54) is 0 Å². The Labute approximate surface area is 169 Å². The summed E-state index contributed by atoms with van der Waals surface area (Å²) in [7, 11) is 0. The zero-order chi connectivity index (χ0) is 21.1. The van der Waals surface area contributed by atoms with Gasteiger partial charge in [0.25, 0.3) is 5.91 Å². The number of nitrogens with one attached hydrogen (secondary N) is 2. The van der Waals surface area contributed by atoms with Crippen molar-refractivity contribution >= 4 is 17.9 Å². The van der Waals surface area contributed by atoms with Crippen LogP contribution in [0.3, 0.4) is 0 Å². The van der Waals surface area contributed by atoms with Crippen molar-refractivity contribution in [3.05, 3.63) is 60.2 Å². The lowest BCUT2D eigenvalue weighted by atomic mass is 10.1. The van der Waals surface area contributed by atoms with Crippen molar-refractivity contribution in [2.75, 3.05) is 19.8 Å². The van der Waals surface area contributed by atoms with Gasteiger partial charge in [0.2, 0.25) is 6.10 Å². The molecule has 0 aliphatic rings. The lowest BCUT2D eigenvalue weighted by Crippen LogP contribution is -2.42. The van der Waals surface area contributed by atoms with Crippen LogP contribution in [-0.4, -0.2) is 37.7 Å². The molecule has 0 spiro atoms. The van der Waals surface area contributed by atoms with Crippen LogP contribution >= 0.6 is 0 Å². The Bertz CT molecular complexity index is 808. The molecule has 0 heterocycles. The molecule has 2 rings (SSSR count). The van der Waals surface area contributed by atoms with Gasteiger partial charge in [0.1, 0.15) is 11.5 Å². The summed E-state index contributed by atoms with van der Waals surface area (Å²) in [6, 6.07) is 14.5. The van der Waals surface area contributed by atoms with Crippen molar-refractivity contribution < 1.29 is 28.6 Å². The highest BCUT2D eigenvalue weighted by Gasteiger charge is 2.26. The van der Waals surface area contributed by atoms with Gasteiger partial charge >= 0.3 is 12.0 Å². The zero-order valence-corrected chi connectivity index (χ0v) is 16.3. The van der Waals surface area contributed by atoms with Crippen LogP contribution in [0.5, 0.6) is 11.5 Å². The predicted octanol–water partition coefficient (Wildman–Crippen LogP) is 2.59. The molecule has 2 aromatic carbocycles. The van der Waals surface area contributed by atoms with Gasteiger partial charge in [-0.15, -0.1) is 0 Å². The Kier molecular flexibility index (Phi) is 8.50. The molecule has 0 bridgehead atoms. The average Bonchev–Trinajstić information content (AvgIpc) is 2.72. The molecule has 0 aliphatic heterocycles. The van der Waals surface area contributed by atoms with E-state index in [9.17, 15) is 14.4 Å². The number of hydrogen-bond acceptors (Lipinski definition) is 6. The molecule has 0 saturated carbocycles. The van der Waals surface area contributed by atoms with E-state index in [2.05, 4.69) is 10.6 Å². The standard InChI is InChI=1S/C21H24N2O6/c1-3-22-21(26)23-20(25)19(15-8-6-5-7-9-15)29-18(24)14-28-17-12-10-16(11-13-17)27-4-2/h5-13,19H,3-4,14H2,1-2H3,(H2,22,23,25,26)/t19-/m1/s1. The van der Waals surface area contributed by atoms with Crippen LogP contribution < -0.4 is 20.1 Å². The second-order valence-corrected chi connectivity index (χ2v) is 5.82. The second-order valence-electron chi connectivity index (χ2n) is 5.82. The van der Waals surface area contributed by atoms with E-state index in [-0.39, 0.29) is 0 Å². The van der Waals surface area contributed by atoms with Gasteiger partial charge < -0.3 is 19.5 Å². The third-order valence-corrected chi connectivity index (χ3v) is 3.66. The first-order valence-electron chi connectivity index (χ1n) is 9.22. The molecular weight excluding hydrogens is 376 g/mol. The van der Waals surface area contributed by atoms with Crippen LogP contribution in [0.4, 0.5) is 4.79 Å². The molecule has 2 aromatic rings. The highest BCUT2D eigenvalue weighted by atomic mass is 16.6. The van der Waals surface area contributed by atoms with E-state index in [1.54, 1.807) is 61.5 Å². The molecule has 1 atom stereocenters. The zero-order valence-electron chi connectivity index (χ0n) is 16.3. The Morgan fingerprint density at radius 1 is 0.897 bits per heavy atom. The molecule has 0 radical (unpaired) electrons. The minimum Gasteiger partial charge on any atom is -0.494 e. The first-order chi connectivity index (χ1) is 14.0. The first-order valence-corrected chi connectivity index (χ1v) is 9.22. The van der Waals surface area contributed by atoms with Gasteiger partial charge in [0.05, 0.1) is 6.61 Å². The molecule has 0 unspecified atom stereocenters. The number of urea groups is 1. The number of esters is 1. The summed E-state index contributed by atoms with van der Waals surface area (Å²) < 4.78 is 16.0. The lowest BCUT2D eigenvalue weighted by molar-refractivity contribution is -0.158. The van der Waals surface area contributed by atoms with Crippen molar-refractivity contribution in [3.8, 4) is 11.5 Å². The van der Waals surface area contributed by atoms with Crippen LogP contribution in [0.2, 0.25) is 0 Å². The van der Waals surface area contributed by atoms with E-state index >= 15 is 0 Å². The number of carbonyl (C=O) groups excluding carboxylic acids is 3. The highest BCUT2D eigenvalue weighted by molar-refractivity contribution is 5.97. The molecule has 3 amide bonds. The lowest BCUT2D eigenvalue weighted by Gasteiger charge is -2.18. The maximum absolute atomic E-state index is 12.4. The molecule has 2 N–H and O–H groups in total. The summed E-state index contributed by atoms with van der Waals surface area (Å²) in [4.78, 5) is 36.3. The Morgan fingerprint density at radius 3 is 2.10 bits per heavy atom. The van der Waals surface area contributed by atoms with Gasteiger partial charge in [-0.25, -0.2) is 9.59 Å². The first kappa shape index (κ1) is 21.7. The number of imide groups is 1. The summed E-state index contributed by atoms with van der Waals surface area (Å²) in [6.07, 6.45) is -1.28. The van der Waals surface area contributed by atoms with Gasteiger partial charge in [-0.3, -0.25) is 10.1 Å². The maximum atomic E-state index is 12.4. The number of hydrogen-bond donors (Lipinski definition) is 2. The molecule has 29 heavy (non-hydrogen) atoms. The second kappa shape index (κ2) is 11.3.